The van der Waals surface area contributed by atoms with Crippen LogP contribution < -0.4 is 10.3 Å². The van der Waals surface area contributed by atoms with Crippen molar-refractivity contribution >= 4 is 0 Å². The van der Waals surface area contributed by atoms with Crippen molar-refractivity contribution in [3.05, 3.63) is 99.5 Å². The highest BCUT2D eigenvalue weighted by molar-refractivity contribution is 5.41. The number of nitrogens with one attached hydrogen (secondary N) is 1. The summed E-state index contributed by atoms with van der Waals surface area (Å²) in [5.74, 6) is 0.682. The maximum Gasteiger partial charge on any atom is 0.254 e. The van der Waals surface area contributed by atoms with E-state index in [2.05, 4.69) is 17.1 Å². The number of hydrogen-bond donors (Lipinski definition) is 1. The van der Waals surface area contributed by atoms with Gasteiger partial charge >= 0.3 is 0 Å². The van der Waals surface area contributed by atoms with Gasteiger partial charge in [-0.2, -0.15) is 0 Å². The van der Waals surface area contributed by atoms with E-state index in [4.69, 9.17) is 4.74 Å². The smallest absolute Gasteiger partial charge is 0.254 e. The molecule has 116 valence electrons. The Morgan fingerprint density at radius 1 is 0.913 bits per heavy atom. The van der Waals surface area contributed by atoms with Gasteiger partial charge in [-0.25, -0.2) is 0 Å². The SMILES string of the molecule is Cc1c(OCc2ccccc2)c(Cc2ccccc2)c[nH]c1=O. The van der Waals surface area contributed by atoms with Gasteiger partial charge in [0.1, 0.15) is 12.4 Å². The molecule has 1 N–H and O–H groups in total. The summed E-state index contributed by atoms with van der Waals surface area (Å²) in [5, 5.41) is 0. The van der Waals surface area contributed by atoms with Crippen molar-refractivity contribution in [2.75, 3.05) is 0 Å². The molecule has 1 heterocycles. The first-order chi connectivity index (χ1) is 11.2. The lowest BCUT2D eigenvalue weighted by Gasteiger charge is -2.14. The molecule has 0 aliphatic heterocycles. The van der Waals surface area contributed by atoms with E-state index in [9.17, 15) is 4.79 Å². The lowest BCUT2D eigenvalue weighted by molar-refractivity contribution is 0.300. The van der Waals surface area contributed by atoms with Gasteiger partial charge in [0.2, 0.25) is 0 Å². The van der Waals surface area contributed by atoms with Gasteiger partial charge in [0, 0.05) is 18.2 Å². The molecule has 0 aliphatic carbocycles. The van der Waals surface area contributed by atoms with Gasteiger partial charge in [-0.1, -0.05) is 60.7 Å². The highest BCUT2D eigenvalue weighted by Crippen LogP contribution is 2.24. The van der Waals surface area contributed by atoms with E-state index in [1.807, 2.05) is 48.5 Å². The number of pyridine rings is 1. The van der Waals surface area contributed by atoms with Crippen LogP contribution in [-0.2, 0) is 13.0 Å². The second-order valence-corrected chi connectivity index (χ2v) is 5.53. The van der Waals surface area contributed by atoms with Gasteiger partial charge in [-0.3, -0.25) is 4.79 Å². The van der Waals surface area contributed by atoms with Crippen molar-refractivity contribution in [3.8, 4) is 5.75 Å². The molecule has 2 aromatic carbocycles. The molecule has 0 amide bonds. The van der Waals surface area contributed by atoms with Crippen LogP contribution in [0.4, 0.5) is 0 Å². The van der Waals surface area contributed by atoms with Crippen LogP contribution in [-0.4, -0.2) is 4.98 Å². The quantitative estimate of drug-likeness (QED) is 0.778. The van der Waals surface area contributed by atoms with Gasteiger partial charge < -0.3 is 9.72 Å². The van der Waals surface area contributed by atoms with Crippen LogP contribution in [0.25, 0.3) is 0 Å². The van der Waals surface area contributed by atoms with Crippen molar-refractivity contribution in [1.82, 2.24) is 4.98 Å². The average Bonchev–Trinajstić information content (AvgIpc) is 2.60. The predicted molar refractivity (Wildman–Crippen MR) is 91.8 cm³/mol. The first kappa shape index (κ1) is 15.1. The number of H-pyrrole nitrogens is 1. The molecular formula is C20H19NO2. The maximum atomic E-state index is 11.9. The van der Waals surface area contributed by atoms with E-state index < -0.39 is 0 Å². The normalized spacial score (nSPS) is 10.5. The zero-order valence-corrected chi connectivity index (χ0v) is 13.1. The average molecular weight is 305 g/mol. The summed E-state index contributed by atoms with van der Waals surface area (Å²) in [4.78, 5) is 14.7. The molecule has 3 aromatic rings. The molecular weight excluding hydrogens is 286 g/mol. The highest BCUT2D eigenvalue weighted by Gasteiger charge is 2.11. The molecule has 0 fully saturated rings. The molecule has 1 aromatic heterocycles. The Labute approximate surface area is 135 Å². The van der Waals surface area contributed by atoms with E-state index in [-0.39, 0.29) is 5.56 Å². The van der Waals surface area contributed by atoms with Crippen LogP contribution in [0, 0.1) is 6.92 Å². The Bertz CT molecular complexity index is 823. The molecule has 3 rings (SSSR count). The van der Waals surface area contributed by atoms with Gasteiger partial charge in [0.05, 0.1) is 5.56 Å². The topological polar surface area (TPSA) is 42.1 Å². The van der Waals surface area contributed by atoms with Gasteiger partial charge in [-0.05, 0) is 18.1 Å². The third kappa shape index (κ3) is 3.69. The standard InChI is InChI=1S/C20H19NO2/c1-15-19(23-14-17-10-6-3-7-11-17)18(13-21-20(15)22)12-16-8-4-2-5-9-16/h2-11,13H,12,14H2,1H3,(H,21,22). The van der Waals surface area contributed by atoms with Crippen molar-refractivity contribution in [1.29, 1.82) is 0 Å². The molecule has 0 saturated carbocycles. The zero-order valence-electron chi connectivity index (χ0n) is 13.1. The maximum absolute atomic E-state index is 11.9. The summed E-state index contributed by atoms with van der Waals surface area (Å²) in [6, 6.07) is 20.1. The zero-order chi connectivity index (χ0) is 16.1. The fourth-order valence-electron chi connectivity index (χ4n) is 2.55. The molecule has 0 atom stereocenters. The molecule has 0 spiro atoms. The third-order valence-electron chi connectivity index (χ3n) is 3.81. The molecule has 0 unspecified atom stereocenters. The van der Waals surface area contributed by atoms with E-state index >= 15 is 0 Å². The van der Waals surface area contributed by atoms with Crippen LogP contribution >= 0.6 is 0 Å². The summed E-state index contributed by atoms with van der Waals surface area (Å²) in [6.07, 6.45) is 2.48. The molecule has 3 nitrogen and oxygen atoms in total. The fraction of sp³-hybridized carbons (Fsp3) is 0.150. The highest BCUT2D eigenvalue weighted by atomic mass is 16.5. The van der Waals surface area contributed by atoms with E-state index in [1.165, 1.54) is 5.56 Å². The van der Waals surface area contributed by atoms with E-state index in [1.54, 1.807) is 13.1 Å². The van der Waals surface area contributed by atoms with Crippen molar-refractivity contribution in [2.45, 2.75) is 20.0 Å². The third-order valence-corrected chi connectivity index (χ3v) is 3.81. The number of aromatic amines is 1. The molecule has 3 heteroatoms. The lowest BCUT2D eigenvalue weighted by atomic mass is 10.0. The second-order valence-electron chi connectivity index (χ2n) is 5.53. The molecule has 0 bridgehead atoms. The monoisotopic (exact) mass is 305 g/mol. The largest absolute Gasteiger partial charge is 0.488 e. The van der Waals surface area contributed by atoms with Gasteiger partial charge in [-0.15, -0.1) is 0 Å². The molecule has 23 heavy (non-hydrogen) atoms. The summed E-state index contributed by atoms with van der Waals surface area (Å²) in [7, 11) is 0. The minimum absolute atomic E-state index is 0.107. The number of benzene rings is 2. The van der Waals surface area contributed by atoms with E-state index in [0.29, 0.717) is 17.9 Å². The first-order valence-corrected chi connectivity index (χ1v) is 7.66. The predicted octanol–water partition coefficient (Wildman–Crippen LogP) is 3.85. The van der Waals surface area contributed by atoms with Crippen LogP contribution in [0.2, 0.25) is 0 Å². The van der Waals surface area contributed by atoms with E-state index in [0.717, 1.165) is 17.5 Å². The van der Waals surface area contributed by atoms with Gasteiger partial charge in [0.15, 0.2) is 0 Å². The minimum Gasteiger partial charge on any atom is -0.488 e. The number of rotatable bonds is 5. The Morgan fingerprint density at radius 3 is 2.17 bits per heavy atom. The fourth-order valence-corrected chi connectivity index (χ4v) is 2.55. The van der Waals surface area contributed by atoms with Crippen LogP contribution in [0.15, 0.2) is 71.7 Å². The van der Waals surface area contributed by atoms with Crippen molar-refractivity contribution < 1.29 is 4.74 Å². The van der Waals surface area contributed by atoms with Crippen molar-refractivity contribution in [3.63, 3.8) is 0 Å². The summed E-state index contributed by atoms with van der Waals surface area (Å²) in [6.45, 7) is 2.25. The second kappa shape index (κ2) is 6.97. The molecule has 0 aliphatic rings. The van der Waals surface area contributed by atoms with Crippen molar-refractivity contribution in [2.24, 2.45) is 0 Å². The van der Waals surface area contributed by atoms with Crippen LogP contribution in [0.3, 0.4) is 0 Å². The Morgan fingerprint density at radius 2 is 1.52 bits per heavy atom. The summed E-state index contributed by atoms with van der Waals surface area (Å²) < 4.78 is 5.99. The lowest BCUT2D eigenvalue weighted by Crippen LogP contribution is -2.13. The summed E-state index contributed by atoms with van der Waals surface area (Å²) in [5.41, 5.74) is 3.77. The molecule has 0 saturated heterocycles. The number of ether oxygens (including phenoxy) is 1. The Hall–Kier alpha value is -2.81. The first-order valence-electron chi connectivity index (χ1n) is 7.66. The minimum atomic E-state index is -0.107. The Balaban J connectivity index is 1.88. The van der Waals surface area contributed by atoms with Gasteiger partial charge in [0.25, 0.3) is 5.56 Å². The summed E-state index contributed by atoms with van der Waals surface area (Å²) >= 11 is 0. The number of aromatic nitrogens is 1. The van der Waals surface area contributed by atoms with Crippen LogP contribution in [0.1, 0.15) is 22.3 Å². The molecule has 0 radical (unpaired) electrons. The number of hydrogen-bond acceptors (Lipinski definition) is 2. The Kier molecular flexibility index (Phi) is 4.57. The van der Waals surface area contributed by atoms with Crippen LogP contribution in [0.5, 0.6) is 5.75 Å².